The van der Waals surface area contributed by atoms with E-state index in [9.17, 15) is 0 Å². The molecular weight excluding hydrogens is 138 g/mol. The number of aliphatic hydroxyl groups is 1. The number of hydrogen-bond donors (Lipinski definition) is 2. The van der Waals surface area contributed by atoms with Crippen LogP contribution in [0.2, 0.25) is 0 Å². The smallest absolute Gasteiger partial charge is 0.0603 e. The molecule has 2 N–H and O–H groups in total. The van der Waals surface area contributed by atoms with Gasteiger partial charge in [0.1, 0.15) is 0 Å². The lowest BCUT2D eigenvalue weighted by Gasteiger charge is -1.93. The Morgan fingerprint density at radius 3 is 2.55 bits per heavy atom. The molecule has 1 fully saturated rings. The van der Waals surface area contributed by atoms with Crippen LogP contribution in [-0.4, -0.2) is 17.8 Å². The van der Waals surface area contributed by atoms with Crippen molar-refractivity contribution in [2.75, 3.05) is 6.61 Å². The minimum atomic E-state index is 0.236. The number of aliphatic hydroxyl groups excluding tert-OH is 1. The molecule has 0 unspecified atom stereocenters. The Morgan fingerprint density at radius 1 is 1.27 bits per heavy atom. The fraction of sp³-hybridized carbons (Fsp3) is 0.333. The summed E-state index contributed by atoms with van der Waals surface area (Å²) in [6.45, 7) is 0.236. The maximum atomic E-state index is 8.78. The van der Waals surface area contributed by atoms with Crippen LogP contribution in [0.5, 0.6) is 0 Å². The Balaban J connectivity index is 2.09. The zero-order valence-electron chi connectivity index (χ0n) is 6.20. The predicted octanol–water partition coefficient (Wildman–Crippen LogP) is 0.692. The number of hydrogen-bond acceptors (Lipinski definition) is 2. The van der Waals surface area contributed by atoms with Crippen molar-refractivity contribution < 1.29 is 5.11 Å². The first kappa shape index (κ1) is 6.83. The number of benzene rings is 1. The summed E-state index contributed by atoms with van der Waals surface area (Å²) in [6, 6.07) is 10.9. The standard InChI is InChI=1S/C9H11NO/c11-6-8-9(10-8)7-4-2-1-3-5-7/h1-5,8-11H,6H2/t8-,9+/m0/s1. The number of rotatable bonds is 2. The van der Waals surface area contributed by atoms with E-state index in [-0.39, 0.29) is 12.6 Å². The summed E-state index contributed by atoms with van der Waals surface area (Å²) < 4.78 is 0. The third-order valence-corrected chi connectivity index (χ3v) is 2.04. The van der Waals surface area contributed by atoms with Crippen LogP contribution in [0.3, 0.4) is 0 Å². The van der Waals surface area contributed by atoms with E-state index in [0.29, 0.717) is 6.04 Å². The molecule has 11 heavy (non-hydrogen) atoms. The van der Waals surface area contributed by atoms with Gasteiger partial charge in [-0.1, -0.05) is 30.3 Å². The first-order chi connectivity index (χ1) is 5.42. The molecule has 1 aromatic rings. The summed E-state index contributed by atoms with van der Waals surface area (Å²) in [4.78, 5) is 0. The average molecular weight is 149 g/mol. The van der Waals surface area contributed by atoms with Gasteiger partial charge in [0.2, 0.25) is 0 Å². The van der Waals surface area contributed by atoms with Gasteiger partial charge in [-0.25, -0.2) is 0 Å². The highest BCUT2D eigenvalue weighted by Gasteiger charge is 2.36. The van der Waals surface area contributed by atoms with Gasteiger partial charge in [0, 0.05) is 0 Å². The van der Waals surface area contributed by atoms with Crippen molar-refractivity contribution in [3.05, 3.63) is 35.9 Å². The topological polar surface area (TPSA) is 42.2 Å². The van der Waals surface area contributed by atoms with Crippen LogP contribution in [-0.2, 0) is 0 Å². The summed E-state index contributed by atoms with van der Waals surface area (Å²) in [6.07, 6.45) is 0. The highest BCUT2D eigenvalue weighted by Crippen LogP contribution is 2.28. The van der Waals surface area contributed by atoms with E-state index in [2.05, 4.69) is 17.4 Å². The normalized spacial score (nSPS) is 28.5. The third kappa shape index (κ3) is 1.27. The van der Waals surface area contributed by atoms with E-state index >= 15 is 0 Å². The SMILES string of the molecule is OC[C@@H]1N[C@@H]1c1ccccc1. The highest BCUT2D eigenvalue weighted by atomic mass is 16.3. The first-order valence-electron chi connectivity index (χ1n) is 3.83. The van der Waals surface area contributed by atoms with Crippen LogP contribution in [0.15, 0.2) is 30.3 Å². The Kier molecular flexibility index (Phi) is 1.64. The molecule has 0 spiro atoms. The Labute approximate surface area is 65.9 Å². The number of nitrogens with one attached hydrogen (secondary N) is 1. The third-order valence-electron chi connectivity index (χ3n) is 2.04. The van der Waals surface area contributed by atoms with E-state index in [1.54, 1.807) is 0 Å². The second-order valence-corrected chi connectivity index (χ2v) is 2.84. The molecule has 2 nitrogen and oxygen atoms in total. The highest BCUT2D eigenvalue weighted by molar-refractivity contribution is 5.25. The van der Waals surface area contributed by atoms with E-state index in [0.717, 1.165) is 0 Å². The van der Waals surface area contributed by atoms with Crippen molar-refractivity contribution in [1.29, 1.82) is 0 Å². The maximum absolute atomic E-state index is 8.78. The van der Waals surface area contributed by atoms with Crippen LogP contribution in [0.1, 0.15) is 11.6 Å². The van der Waals surface area contributed by atoms with Crippen LogP contribution in [0.4, 0.5) is 0 Å². The second-order valence-electron chi connectivity index (χ2n) is 2.84. The van der Waals surface area contributed by atoms with Crippen molar-refractivity contribution in [2.45, 2.75) is 12.1 Å². The van der Waals surface area contributed by atoms with E-state index in [4.69, 9.17) is 5.11 Å². The monoisotopic (exact) mass is 149 g/mol. The molecular formula is C9H11NO. The van der Waals surface area contributed by atoms with Crippen LogP contribution in [0.25, 0.3) is 0 Å². The van der Waals surface area contributed by atoms with Gasteiger partial charge in [-0.05, 0) is 5.56 Å². The van der Waals surface area contributed by atoms with Crippen molar-refractivity contribution in [3.63, 3.8) is 0 Å². The summed E-state index contributed by atoms with van der Waals surface area (Å²) in [5.41, 5.74) is 1.27. The zero-order valence-corrected chi connectivity index (χ0v) is 6.20. The van der Waals surface area contributed by atoms with Gasteiger partial charge in [-0.3, -0.25) is 0 Å². The molecule has 2 rings (SSSR count). The van der Waals surface area contributed by atoms with E-state index in [1.807, 2.05) is 18.2 Å². The Hall–Kier alpha value is -0.860. The van der Waals surface area contributed by atoms with Gasteiger partial charge in [-0.15, -0.1) is 0 Å². The molecule has 1 aliphatic rings. The molecule has 0 saturated carbocycles. The Bertz CT molecular complexity index is 235. The molecule has 1 aliphatic heterocycles. The molecule has 58 valence electrons. The summed E-state index contributed by atoms with van der Waals surface area (Å²) in [5, 5.41) is 12.0. The van der Waals surface area contributed by atoms with Gasteiger partial charge >= 0.3 is 0 Å². The fourth-order valence-electron chi connectivity index (χ4n) is 1.32. The van der Waals surface area contributed by atoms with E-state index < -0.39 is 0 Å². The van der Waals surface area contributed by atoms with Crippen LogP contribution in [0, 0.1) is 0 Å². The molecule has 0 bridgehead atoms. The first-order valence-corrected chi connectivity index (χ1v) is 3.83. The molecule has 2 heteroatoms. The Morgan fingerprint density at radius 2 is 2.00 bits per heavy atom. The van der Waals surface area contributed by atoms with Gasteiger partial charge < -0.3 is 10.4 Å². The summed E-state index contributed by atoms with van der Waals surface area (Å²) >= 11 is 0. The van der Waals surface area contributed by atoms with Crippen molar-refractivity contribution in [2.24, 2.45) is 0 Å². The molecule has 0 amide bonds. The van der Waals surface area contributed by atoms with Crippen molar-refractivity contribution in [3.8, 4) is 0 Å². The lowest BCUT2D eigenvalue weighted by Crippen LogP contribution is -1.95. The van der Waals surface area contributed by atoms with Gasteiger partial charge in [0.05, 0.1) is 18.7 Å². The molecule has 0 radical (unpaired) electrons. The van der Waals surface area contributed by atoms with E-state index in [1.165, 1.54) is 5.56 Å². The zero-order chi connectivity index (χ0) is 7.68. The molecule has 1 aromatic carbocycles. The maximum Gasteiger partial charge on any atom is 0.0603 e. The van der Waals surface area contributed by atoms with Crippen LogP contribution < -0.4 is 5.32 Å². The molecule has 1 saturated heterocycles. The minimum Gasteiger partial charge on any atom is -0.395 e. The van der Waals surface area contributed by atoms with Crippen LogP contribution >= 0.6 is 0 Å². The fourth-order valence-corrected chi connectivity index (χ4v) is 1.32. The lowest BCUT2D eigenvalue weighted by molar-refractivity contribution is 0.294. The van der Waals surface area contributed by atoms with Gasteiger partial charge in [0.25, 0.3) is 0 Å². The second kappa shape index (κ2) is 2.64. The molecule has 2 atom stereocenters. The lowest BCUT2D eigenvalue weighted by atomic mass is 10.1. The summed E-state index contributed by atoms with van der Waals surface area (Å²) in [5.74, 6) is 0. The molecule has 0 aliphatic carbocycles. The van der Waals surface area contributed by atoms with Gasteiger partial charge in [-0.2, -0.15) is 0 Å². The van der Waals surface area contributed by atoms with Crippen molar-refractivity contribution in [1.82, 2.24) is 5.32 Å². The quantitative estimate of drug-likeness (QED) is 0.607. The largest absolute Gasteiger partial charge is 0.395 e. The van der Waals surface area contributed by atoms with Gasteiger partial charge in [0.15, 0.2) is 0 Å². The summed E-state index contributed by atoms with van der Waals surface area (Å²) in [7, 11) is 0. The van der Waals surface area contributed by atoms with Crippen molar-refractivity contribution >= 4 is 0 Å². The molecule has 1 heterocycles. The minimum absolute atomic E-state index is 0.236. The average Bonchev–Trinajstić information content (AvgIpc) is 2.85. The molecule has 0 aromatic heterocycles. The predicted molar refractivity (Wildman–Crippen MR) is 43.2 cm³/mol.